The van der Waals surface area contributed by atoms with E-state index in [1.54, 1.807) is 6.92 Å². The summed E-state index contributed by atoms with van der Waals surface area (Å²) in [5.41, 5.74) is 0. The minimum absolute atomic E-state index is 0.0754. The first-order valence-electron chi connectivity index (χ1n) is 7.13. The molecular weight excluding hydrogens is 276 g/mol. The van der Waals surface area contributed by atoms with Crippen LogP contribution in [0.2, 0.25) is 18.1 Å². The Labute approximate surface area is 123 Å². The number of aliphatic hydroxyl groups excluding tert-OH is 2. The summed E-state index contributed by atoms with van der Waals surface area (Å²) in [6.45, 7) is 14.3. The number of hydrogen-bond acceptors (Lipinski definition) is 5. The third-order valence-electron chi connectivity index (χ3n) is 3.77. The monoisotopic (exact) mass is 306 g/mol. The molecule has 0 aliphatic rings. The highest BCUT2D eigenvalue weighted by molar-refractivity contribution is 6.74. The summed E-state index contributed by atoms with van der Waals surface area (Å²) < 4.78 is 10.8. The number of hydrogen-bond donors (Lipinski definition) is 2. The molecule has 0 rings (SSSR count). The van der Waals surface area contributed by atoms with Gasteiger partial charge in [-0.1, -0.05) is 20.8 Å². The Morgan fingerprint density at radius 3 is 2.15 bits per heavy atom. The normalized spacial score (nSPS) is 17.4. The average molecular weight is 306 g/mol. The summed E-state index contributed by atoms with van der Waals surface area (Å²) in [6, 6.07) is 0. The van der Waals surface area contributed by atoms with Crippen LogP contribution in [-0.4, -0.2) is 49.4 Å². The summed E-state index contributed by atoms with van der Waals surface area (Å²) in [5, 5.41) is 19.6. The number of carbonyl (C=O) groups is 1. The molecule has 3 atom stereocenters. The van der Waals surface area contributed by atoms with E-state index in [1.165, 1.54) is 0 Å². The Morgan fingerprint density at radius 2 is 1.75 bits per heavy atom. The zero-order chi connectivity index (χ0) is 16.1. The largest absolute Gasteiger partial charge is 0.464 e. The molecule has 0 aromatic carbocycles. The maximum absolute atomic E-state index is 11.3. The van der Waals surface area contributed by atoms with Gasteiger partial charge in [-0.3, -0.25) is 0 Å². The third-order valence-corrected chi connectivity index (χ3v) is 8.37. The standard InChI is InChI=1S/C14H30O5Si/c1-8-18-13(17)12(16)11(15)9-10(2)19-20(6,7)14(3,4)5/h10-12,15-16H,8-9H2,1-7H3/t10-,11-,12+/m0/s1. The van der Waals surface area contributed by atoms with E-state index in [0.29, 0.717) is 0 Å². The molecule has 6 heteroatoms. The molecular formula is C14H30O5Si. The van der Waals surface area contributed by atoms with Gasteiger partial charge < -0.3 is 19.4 Å². The van der Waals surface area contributed by atoms with Crippen molar-refractivity contribution in [2.24, 2.45) is 0 Å². The zero-order valence-electron chi connectivity index (χ0n) is 13.8. The predicted octanol–water partition coefficient (Wildman–Crippen LogP) is 2.07. The number of rotatable bonds is 7. The van der Waals surface area contributed by atoms with Crippen LogP contribution in [0, 0.1) is 0 Å². The molecule has 0 heterocycles. The van der Waals surface area contributed by atoms with Gasteiger partial charge in [0.2, 0.25) is 0 Å². The molecule has 0 saturated heterocycles. The number of aliphatic hydroxyl groups is 2. The maximum Gasteiger partial charge on any atom is 0.337 e. The molecule has 5 nitrogen and oxygen atoms in total. The summed E-state index contributed by atoms with van der Waals surface area (Å²) >= 11 is 0. The molecule has 0 aromatic heterocycles. The lowest BCUT2D eigenvalue weighted by molar-refractivity contribution is -0.160. The molecule has 0 aliphatic heterocycles. The Balaban J connectivity index is 4.47. The number of esters is 1. The highest BCUT2D eigenvalue weighted by Crippen LogP contribution is 2.37. The van der Waals surface area contributed by atoms with E-state index < -0.39 is 26.5 Å². The highest BCUT2D eigenvalue weighted by atomic mass is 28.4. The molecule has 20 heavy (non-hydrogen) atoms. The van der Waals surface area contributed by atoms with Crippen molar-refractivity contribution in [3.8, 4) is 0 Å². The maximum atomic E-state index is 11.3. The fourth-order valence-electron chi connectivity index (χ4n) is 1.58. The molecule has 0 aliphatic carbocycles. The van der Waals surface area contributed by atoms with E-state index in [2.05, 4.69) is 38.6 Å². The van der Waals surface area contributed by atoms with Crippen molar-refractivity contribution < 1.29 is 24.2 Å². The van der Waals surface area contributed by atoms with E-state index >= 15 is 0 Å². The van der Waals surface area contributed by atoms with Crippen LogP contribution < -0.4 is 0 Å². The lowest BCUT2D eigenvalue weighted by Gasteiger charge is -2.39. The molecule has 0 saturated carbocycles. The van der Waals surface area contributed by atoms with Crippen LogP contribution in [0.25, 0.3) is 0 Å². The summed E-state index contributed by atoms with van der Waals surface area (Å²) in [7, 11) is -1.92. The zero-order valence-corrected chi connectivity index (χ0v) is 14.8. The molecule has 0 aromatic rings. The second kappa shape index (κ2) is 7.54. The van der Waals surface area contributed by atoms with Crippen LogP contribution in [0.3, 0.4) is 0 Å². The van der Waals surface area contributed by atoms with Gasteiger partial charge in [-0.15, -0.1) is 0 Å². The van der Waals surface area contributed by atoms with Crippen molar-refractivity contribution >= 4 is 14.3 Å². The van der Waals surface area contributed by atoms with E-state index in [0.717, 1.165) is 0 Å². The SMILES string of the molecule is CCOC(=O)[C@H](O)[C@@H](O)C[C@H](C)O[Si](C)(C)C(C)(C)C. The molecule has 0 radical (unpaired) electrons. The van der Waals surface area contributed by atoms with Crippen LogP contribution in [0.1, 0.15) is 41.0 Å². The Morgan fingerprint density at radius 1 is 1.25 bits per heavy atom. The van der Waals surface area contributed by atoms with E-state index in [9.17, 15) is 15.0 Å². The van der Waals surface area contributed by atoms with Gasteiger partial charge >= 0.3 is 5.97 Å². The smallest absolute Gasteiger partial charge is 0.337 e. The first-order valence-corrected chi connectivity index (χ1v) is 10.0. The van der Waals surface area contributed by atoms with Gasteiger partial charge in [0.1, 0.15) is 0 Å². The van der Waals surface area contributed by atoms with Crippen molar-refractivity contribution in [2.75, 3.05) is 6.61 Å². The first-order chi connectivity index (χ1) is 8.92. The molecule has 0 spiro atoms. The van der Waals surface area contributed by atoms with Crippen LogP contribution in [0.15, 0.2) is 0 Å². The van der Waals surface area contributed by atoms with Crippen LogP contribution >= 0.6 is 0 Å². The Bertz CT molecular complexity index is 311. The minimum Gasteiger partial charge on any atom is -0.464 e. The summed E-state index contributed by atoms with van der Waals surface area (Å²) in [4.78, 5) is 11.3. The minimum atomic E-state index is -1.92. The van der Waals surface area contributed by atoms with Gasteiger partial charge in [-0.05, 0) is 32.0 Å². The van der Waals surface area contributed by atoms with Gasteiger partial charge in [0.25, 0.3) is 0 Å². The van der Waals surface area contributed by atoms with Crippen molar-refractivity contribution in [2.45, 2.75) is 77.5 Å². The van der Waals surface area contributed by atoms with Gasteiger partial charge in [-0.2, -0.15) is 0 Å². The second-order valence-corrected chi connectivity index (χ2v) is 11.4. The average Bonchev–Trinajstić information content (AvgIpc) is 2.25. The Kier molecular flexibility index (Phi) is 7.38. The highest BCUT2D eigenvalue weighted by Gasteiger charge is 2.39. The molecule has 120 valence electrons. The summed E-state index contributed by atoms with van der Waals surface area (Å²) in [5.74, 6) is -0.792. The molecule has 0 unspecified atom stereocenters. The molecule has 0 fully saturated rings. The lowest BCUT2D eigenvalue weighted by Crippen LogP contribution is -2.45. The molecule has 0 bridgehead atoms. The predicted molar refractivity (Wildman–Crippen MR) is 81.0 cm³/mol. The van der Waals surface area contributed by atoms with Crippen molar-refractivity contribution in [1.29, 1.82) is 0 Å². The summed E-state index contributed by atoms with van der Waals surface area (Å²) in [6.07, 6.45) is -2.71. The third kappa shape index (κ3) is 5.91. The lowest BCUT2D eigenvalue weighted by atomic mass is 10.1. The van der Waals surface area contributed by atoms with E-state index in [-0.39, 0.29) is 24.2 Å². The van der Waals surface area contributed by atoms with Crippen molar-refractivity contribution in [3.05, 3.63) is 0 Å². The van der Waals surface area contributed by atoms with Gasteiger partial charge in [0.05, 0.1) is 12.7 Å². The second-order valence-electron chi connectivity index (χ2n) is 6.69. The topological polar surface area (TPSA) is 76.0 Å². The fourth-order valence-corrected chi connectivity index (χ4v) is 3.04. The van der Waals surface area contributed by atoms with Crippen LogP contribution in [-0.2, 0) is 14.0 Å². The van der Waals surface area contributed by atoms with Gasteiger partial charge in [0, 0.05) is 12.5 Å². The quantitative estimate of drug-likeness (QED) is 0.556. The van der Waals surface area contributed by atoms with Gasteiger partial charge in [-0.25, -0.2) is 4.79 Å². The Hall–Kier alpha value is -0.433. The number of carbonyl (C=O) groups excluding carboxylic acids is 1. The van der Waals surface area contributed by atoms with Crippen molar-refractivity contribution in [1.82, 2.24) is 0 Å². The fraction of sp³-hybridized carbons (Fsp3) is 0.929. The molecule has 0 amide bonds. The van der Waals surface area contributed by atoms with E-state index in [4.69, 9.17) is 4.43 Å². The number of ether oxygens (including phenoxy) is 1. The van der Waals surface area contributed by atoms with E-state index in [1.807, 2.05) is 6.92 Å². The van der Waals surface area contributed by atoms with Crippen molar-refractivity contribution in [3.63, 3.8) is 0 Å². The van der Waals surface area contributed by atoms with Crippen LogP contribution in [0.4, 0.5) is 0 Å². The first kappa shape index (κ1) is 19.6. The molecule has 2 N–H and O–H groups in total. The van der Waals surface area contributed by atoms with Gasteiger partial charge in [0.15, 0.2) is 14.4 Å². The van der Waals surface area contributed by atoms with Crippen LogP contribution in [0.5, 0.6) is 0 Å².